The van der Waals surface area contributed by atoms with Crippen molar-refractivity contribution in [3.05, 3.63) is 66.9 Å². The topological polar surface area (TPSA) is 66.9 Å². The molecule has 5 nitrogen and oxygen atoms in total. The van der Waals surface area contributed by atoms with Gasteiger partial charge in [-0.05, 0) is 67.8 Å². The highest BCUT2D eigenvalue weighted by molar-refractivity contribution is 7.66. The van der Waals surface area contributed by atoms with Crippen LogP contribution in [0.15, 0.2) is 61.2 Å². The van der Waals surface area contributed by atoms with Gasteiger partial charge >= 0.3 is 11.7 Å². The van der Waals surface area contributed by atoms with Crippen molar-refractivity contribution in [2.24, 2.45) is 0 Å². The summed E-state index contributed by atoms with van der Waals surface area (Å²) in [5.41, 5.74) is 4.29. The van der Waals surface area contributed by atoms with Crippen LogP contribution in [0.25, 0.3) is 21.9 Å². The van der Waals surface area contributed by atoms with Crippen molar-refractivity contribution in [1.29, 1.82) is 0 Å². The van der Waals surface area contributed by atoms with E-state index in [1.807, 2.05) is 50.8 Å². The molecule has 1 aliphatic heterocycles. The molecule has 0 fully saturated rings. The number of nitrogens with zero attached hydrogens (tertiary/aromatic N) is 2. The Bertz CT molecular complexity index is 1030. The van der Waals surface area contributed by atoms with Crippen LogP contribution < -0.4 is 10.6 Å². The van der Waals surface area contributed by atoms with Gasteiger partial charge in [0.15, 0.2) is 0 Å². The molecule has 4 rings (SSSR count). The van der Waals surface area contributed by atoms with E-state index in [4.69, 9.17) is 0 Å². The van der Waals surface area contributed by atoms with Crippen LogP contribution in [0.2, 0.25) is 0 Å². The summed E-state index contributed by atoms with van der Waals surface area (Å²) in [4.78, 5) is 8.77. The van der Waals surface area contributed by atoms with E-state index in [1.165, 1.54) is 0 Å². The number of nitrogens with one attached hydrogen (secondary N) is 2. The summed E-state index contributed by atoms with van der Waals surface area (Å²) in [5, 5.41) is 9.43. The largest absolute Gasteiger partial charge is 0.461 e. The van der Waals surface area contributed by atoms with Gasteiger partial charge in [-0.1, -0.05) is 6.07 Å². The molecule has 0 spiro atoms. The molecule has 0 saturated carbocycles. The summed E-state index contributed by atoms with van der Waals surface area (Å²) in [6, 6.07) is 11.0. The van der Waals surface area contributed by atoms with Gasteiger partial charge in [0.2, 0.25) is 5.25 Å². The minimum Gasteiger partial charge on any atom is -0.388 e. The second kappa shape index (κ2) is 8.66. The molecule has 0 saturated heterocycles. The lowest BCUT2D eigenvalue weighted by atomic mass is 9.98. The van der Waals surface area contributed by atoms with Gasteiger partial charge in [0.1, 0.15) is 0 Å². The molecule has 29 heavy (non-hydrogen) atoms. The lowest BCUT2D eigenvalue weighted by molar-refractivity contribution is 0.470. The van der Waals surface area contributed by atoms with Crippen molar-refractivity contribution in [3.63, 3.8) is 0 Å². The molecular formula is C23H25N4OS+. The maximum Gasteiger partial charge on any atom is 0.461 e. The Kier molecular flexibility index (Phi) is 5.81. The fraction of sp³-hybridized carbons (Fsp3) is 0.304. The van der Waals surface area contributed by atoms with Crippen molar-refractivity contribution >= 4 is 28.1 Å². The summed E-state index contributed by atoms with van der Waals surface area (Å²) in [6.07, 6.45) is 11.6. The Morgan fingerprint density at radius 1 is 1.24 bits per heavy atom. The van der Waals surface area contributed by atoms with E-state index in [0.29, 0.717) is 17.7 Å². The SMILES string of the molecule is Cc1ccc(-c2cc(NC3C=CNC(CC(C)[S+]=O)C3)c3cnccc3c2)cn1. The predicted molar refractivity (Wildman–Crippen MR) is 120 cm³/mol. The van der Waals surface area contributed by atoms with E-state index in [9.17, 15) is 4.21 Å². The van der Waals surface area contributed by atoms with E-state index in [0.717, 1.165) is 46.1 Å². The van der Waals surface area contributed by atoms with E-state index >= 15 is 0 Å². The molecule has 0 aliphatic carbocycles. The number of hydrogen-bond acceptors (Lipinski definition) is 5. The number of anilines is 1. The van der Waals surface area contributed by atoms with Crippen LogP contribution >= 0.6 is 0 Å². The van der Waals surface area contributed by atoms with E-state index in [2.05, 4.69) is 44.9 Å². The Labute approximate surface area is 175 Å². The van der Waals surface area contributed by atoms with E-state index in [-0.39, 0.29) is 11.3 Å². The summed E-state index contributed by atoms with van der Waals surface area (Å²) < 4.78 is 11.1. The average molecular weight is 406 g/mol. The molecule has 0 radical (unpaired) electrons. The third kappa shape index (κ3) is 4.59. The Balaban J connectivity index is 1.64. The van der Waals surface area contributed by atoms with Gasteiger partial charge in [-0.15, -0.1) is 0 Å². The lowest BCUT2D eigenvalue weighted by Crippen LogP contribution is -2.37. The van der Waals surface area contributed by atoms with Crippen LogP contribution in [0.4, 0.5) is 5.69 Å². The fourth-order valence-corrected chi connectivity index (χ4v) is 4.11. The average Bonchev–Trinajstić information content (AvgIpc) is 2.74. The predicted octanol–water partition coefficient (Wildman–Crippen LogP) is 4.47. The number of rotatable bonds is 6. The molecular weight excluding hydrogens is 380 g/mol. The normalized spacial score (nSPS) is 19.5. The fourth-order valence-electron chi connectivity index (χ4n) is 3.80. The van der Waals surface area contributed by atoms with Gasteiger partial charge in [-0.25, -0.2) is 0 Å². The van der Waals surface area contributed by atoms with Crippen molar-refractivity contribution in [2.45, 2.75) is 44.0 Å². The van der Waals surface area contributed by atoms with Gasteiger partial charge in [-0.3, -0.25) is 9.97 Å². The maximum atomic E-state index is 11.1. The Morgan fingerprint density at radius 3 is 2.93 bits per heavy atom. The number of pyridine rings is 2. The van der Waals surface area contributed by atoms with Gasteiger partial charge in [0.25, 0.3) is 0 Å². The molecule has 2 N–H and O–H groups in total. The molecule has 3 unspecified atom stereocenters. The van der Waals surface area contributed by atoms with Gasteiger partial charge < -0.3 is 10.6 Å². The monoisotopic (exact) mass is 405 g/mol. The quantitative estimate of drug-likeness (QED) is 0.593. The van der Waals surface area contributed by atoms with Crippen LogP contribution in [0.1, 0.15) is 25.5 Å². The smallest absolute Gasteiger partial charge is 0.388 e. The van der Waals surface area contributed by atoms with Crippen LogP contribution in [0.5, 0.6) is 0 Å². The van der Waals surface area contributed by atoms with Gasteiger partial charge in [0, 0.05) is 63.6 Å². The van der Waals surface area contributed by atoms with Crippen molar-refractivity contribution in [3.8, 4) is 11.1 Å². The highest BCUT2D eigenvalue weighted by atomic mass is 32.1. The lowest BCUT2D eigenvalue weighted by Gasteiger charge is -2.28. The molecule has 2 aromatic heterocycles. The van der Waals surface area contributed by atoms with Gasteiger partial charge in [0.05, 0.1) is 0 Å². The first-order chi connectivity index (χ1) is 14.1. The zero-order chi connectivity index (χ0) is 20.2. The second-order valence-electron chi connectivity index (χ2n) is 7.66. The molecule has 1 aliphatic rings. The highest BCUT2D eigenvalue weighted by Gasteiger charge is 2.25. The molecule has 1 aromatic carbocycles. The first-order valence-electron chi connectivity index (χ1n) is 9.91. The molecule has 3 atom stereocenters. The van der Waals surface area contributed by atoms with Crippen LogP contribution in [-0.4, -0.2) is 27.3 Å². The van der Waals surface area contributed by atoms with Gasteiger partial charge in [-0.2, -0.15) is 0 Å². The van der Waals surface area contributed by atoms with Crippen LogP contribution in [0.3, 0.4) is 0 Å². The summed E-state index contributed by atoms with van der Waals surface area (Å²) in [5.74, 6) is 0. The number of aromatic nitrogens is 2. The molecule has 3 aromatic rings. The van der Waals surface area contributed by atoms with Crippen molar-refractivity contribution in [1.82, 2.24) is 15.3 Å². The van der Waals surface area contributed by atoms with Crippen LogP contribution in [0, 0.1) is 6.92 Å². The molecule has 148 valence electrons. The number of fused-ring (bicyclic) bond motifs is 1. The second-order valence-corrected chi connectivity index (χ2v) is 8.66. The Hall–Kier alpha value is -2.86. The minimum absolute atomic E-state index is 0.0991. The van der Waals surface area contributed by atoms with E-state index < -0.39 is 0 Å². The highest BCUT2D eigenvalue weighted by Crippen LogP contribution is 2.31. The Morgan fingerprint density at radius 2 is 2.14 bits per heavy atom. The van der Waals surface area contributed by atoms with Crippen LogP contribution in [-0.2, 0) is 15.9 Å². The first kappa shape index (κ1) is 19.5. The maximum absolute atomic E-state index is 11.1. The third-order valence-corrected chi connectivity index (χ3v) is 5.84. The number of aryl methyl sites for hydroxylation is 1. The third-order valence-electron chi connectivity index (χ3n) is 5.32. The standard InChI is InChI=1S/C23H25N4OS/c1-15-3-4-18(13-26-15)19-10-17-5-7-24-14-22(17)23(11-19)27-20-6-8-25-21(12-20)9-16(2)29-28/h3-8,10-11,13-14,16,20-21,25,27H,9,12H2,1-2H3/q+1. The summed E-state index contributed by atoms with van der Waals surface area (Å²) >= 11 is 0.677. The number of benzene rings is 1. The van der Waals surface area contributed by atoms with Crippen molar-refractivity contribution < 1.29 is 4.21 Å². The summed E-state index contributed by atoms with van der Waals surface area (Å²) in [7, 11) is 0. The molecule has 6 heteroatoms. The zero-order valence-corrected chi connectivity index (χ0v) is 17.4. The summed E-state index contributed by atoms with van der Waals surface area (Å²) in [6.45, 7) is 3.98. The molecule has 0 amide bonds. The first-order valence-corrected chi connectivity index (χ1v) is 10.7. The molecule has 3 heterocycles. The minimum atomic E-state index is 0.0991. The molecule has 0 bridgehead atoms. The zero-order valence-electron chi connectivity index (χ0n) is 16.6. The van der Waals surface area contributed by atoms with E-state index in [1.54, 1.807) is 0 Å². The van der Waals surface area contributed by atoms with Crippen molar-refractivity contribution in [2.75, 3.05) is 5.32 Å². The number of hydrogen-bond donors (Lipinski definition) is 2.